The van der Waals surface area contributed by atoms with E-state index in [0.29, 0.717) is 19.0 Å². The topological polar surface area (TPSA) is 68.8 Å². The van der Waals surface area contributed by atoms with Crippen molar-refractivity contribution in [3.63, 3.8) is 0 Å². The van der Waals surface area contributed by atoms with Crippen LogP contribution in [0.25, 0.3) is 0 Å². The Morgan fingerprint density at radius 1 is 1.09 bits per heavy atom. The van der Waals surface area contributed by atoms with Crippen LogP contribution in [0.3, 0.4) is 0 Å². The minimum atomic E-state index is -0.150. The van der Waals surface area contributed by atoms with E-state index in [1.54, 1.807) is 13.1 Å². The van der Waals surface area contributed by atoms with Gasteiger partial charge in [-0.25, -0.2) is 9.18 Å². The van der Waals surface area contributed by atoms with E-state index in [4.69, 9.17) is 0 Å². The van der Waals surface area contributed by atoms with E-state index in [1.165, 1.54) is 6.07 Å². The Kier molecular flexibility index (Phi) is 8.33. The Hall–Kier alpha value is -2.36. The summed E-state index contributed by atoms with van der Waals surface area (Å²) in [5.41, 5.74) is 2.45. The summed E-state index contributed by atoms with van der Waals surface area (Å²) in [4.78, 5) is 18.5. The third-order valence-electron chi connectivity index (χ3n) is 6.15. The number of aliphatic imine (C=N–C) groups is 1. The van der Waals surface area contributed by atoms with Crippen molar-refractivity contribution in [3.8, 4) is 0 Å². The second kappa shape index (κ2) is 11.0. The summed E-state index contributed by atoms with van der Waals surface area (Å²) in [6.45, 7) is 2.85. The molecule has 8 heteroatoms. The minimum Gasteiger partial charge on any atom is -0.356 e. The molecule has 0 unspecified atom stereocenters. The fourth-order valence-electron chi connectivity index (χ4n) is 4.12. The van der Waals surface area contributed by atoms with Gasteiger partial charge in [0.05, 0.1) is 0 Å². The maximum Gasteiger partial charge on any atom is 0.321 e. The number of nitrogens with one attached hydrogen (secondary N) is 3. The molecule has 0 atom stereocenters. The Labute approximate surface area is 206 Å². The first-order valence-corrected chi connectivity index (χ1v) is 10.9. The van der Waals surface area contributed by atoms with Crippen molar-refractivity contribution in [1.82, 2.24) is 15.5 Å². The maximum absolute atomic E-state index is 14.2. The van der Waals surface area contributed by atoms with Crippen molar-refractivity contribution in [2.45, 2.75) is 37.6 Å². The second-order valence-corrected chi connectivity index (χ2v) is 8.36. The first-order valence-electron chi connectivity index (χ1n) is 10.9. The van der Waals surface area contributed by atoms with Crippen LogP contribution in [0.15, 0.2) is 53.5 Å². The van der Waals surface area contributed by atoms with Crippen molar-refractivity contribution >= 4 is 41.7 Å². The van der Waals surface area contributed by atoms with E-state index >= 15 is 0 Å². The molecule has 0 aromatic heterocycles. The molecule has 1 saturated carbocycles. The first-order chi connectivity index (χ1) is 15.1. The van der Waals surface area contributed by atoms with E-state index in [2.05, 4.69) is 20.9 Å². The van der Waals surface area contributed by atoms with Gasteiger partial charge in [-0.05, 0) is 55.0 Å². The van der Waals surface area contributed by atoms with Crippen LogP contribution in [0, 0.1) is 5.82 Å². The van der Waals surface area contributed by atoms with Crippen LogP contribution < -0.4 is 16.0 Å². The summed E-state index contributed by atoms with van der Waals surface area (Å²) in [5, 5.41) is 9.64. The number of benzene rings is 2. The number of carbonyl (C=O) groups is 1. The Morgan fingerprint density at radius 3 is 2.53 bits per heavy atom. The predicted octanol–water partition coefficient (Wildman–Crippen LogP) is 4.47. The molecule has 3 N–H and O–H groups in total. The molecule has 4 rings (SSSR count). The number of urea groups is 1. The van der Waals surface area contributed by atoms with Crippen molar-refractivity contribution in [3.05, 3.63) is 65.5 Å². The van der Waals surface area contributed by atoms with Crippen molar-refractivity contribution in [1.29, 1.82) is 0 Å². The Morgan fingerprint density at radius 2 is 1.84 bits per heavy atom. The monoisotopic (exact) mass is 551 g/mol. The lowest BCUT2D eigenvalue weighted by atomic mass is 9.95. The van der Waals surface area contributed by atoms with Gasteiger partial charge in [0.15, 0.2) is 5.96 Å². The number of carbonyl (C=O) groups excluding carboxylic acids is 1. The van der Waals surface area contributed by atoms with Gasteiger partial charge in [-0.3, -0.25) is 4.99 Å². The molecule has 1 heterocycles. The van der Waals surface area contributed by atoms with Crippen LogP contribution in [-0.2, 0) is 12.0 Å². The normalized spacial score (nSPS) is 16.8. The summed E-state index contributed by atoms with van der Waals surface area (Å²) < 4.78 is 14.2. The SMILES string of the molecule is CN=C(NCc1cccc(NC(=O)N2CCCC2)c1)NCC1(c2ccccc2F)CC1.I. The van der Waals surface area contributed by atoms with Crippen LogP contribution >= 0.6 is 24.0 Å². The van der Waals surface area contributed by atoms with Gasteiger partial charge >= 0.3 is 6.03 Å². The second-order valence-electron chi connectivity index (χ2n) is 8.36. The van der Waals surface area contributed by atoms with E-state index in [0.717, 1.165) is 55.6 Å². The van der Waals surface area contributed by atoms with E-state index in [-0.39, 0.29) is 41.2 Å². The van der Waals surface area contributed by atoms with Crippen LogP contribution in [0.2, 0.25) is 0 Å². The number of hydrogen-bond donors (Lipinski definition) is 3. The Bertz CT molecular complexity index is 957. The summed E-state index contributed by atoms with van der Waals surface area (Å²) >= 11 is 0. The summed E-state index contributed by atoms with van der Waals surface area (Å²) in [7, 11) is 1.73. The zero-order valence-corrected chi connectivity index (χ0v) is 20.7. The quantitative estimate of drug-likeness (QED) is 0.282. The van der Waals surface area contributed by atoms with Crippen molar-refractivity contribution < 1.29 is 9.18 Å². The number of anilines is 1. The maximum atomic E-state index is 14.2. The van der Waals surface area contributed by atoms with Gasteiger partial charge in [0, 0.05) is 44.3 Å². The highest BCUT2D eigenvalue weighted by molar-refractivity contribution is 14.0. The zero-order chi connectivity index (χ0) is 21.7. The van der Waals surface area contributed by atoms with Crippen molar-refractivity contribution in [2.75, 3.05) is 32.0 Å². The van der Waals surface area contributed by atoms with Crippen molar-refractivity contribution in [2.24, 2.45) is 4.99 Å². The molecule has 1 aliphatic heterocycles. The molecular weight excluding hydrogens is 520 g/mol. The van der Waals surface area contributed by atoms with Gasteiger partial charge in [0.2, 0.25) is 0 Å². The third kappa shape index (κ3) is 5.90. The highest BCUT2D eigenvalue weighted by atomic mass is 127. The summed E-state index contributed by atoms with van der Waals surface area (Å²) in [5.74, 6) is 0.534. The number of amides is 2. The number of rotatable bonds is 6. The van der Waals surface area contributed by atoms with Gasteiger partial charge in [0.1, 0.15) is 5.82 Å². The van der Waals surface area contributed by atoms with Crippen LogP contribution in [0.5, 0.6) is 0 Å². The summed E-state index contributed by atoms with van der Waals surface area (Å²) in [6.07, 6.45) is 4.08. The van der Waals surface area contributed by atoms with Gasteiger partial charge in [-0.15, -0.1) is 24.0 Å². The number of guanidine groups is 1. The predicted molar refractivity (Wildman–Crippen MR) is 137 cm³/mol. The average molecular weight is 551 g/mol. The number of likely N-dealkylation sites (tertiary alicyclic amines) is 1. The van der Waals surface area contributed by atoms with Crippen LogP contribution in [0.1, 0.15) is 36.8 Å². The molecule has 172 valence electrons. The van der Waals surface area contributed by atoms with Crippen LogP contribution in [-0.4, -0.2) is 43.6 Å². The standard InChI is InChI=1S/C24H30FN5O.HI/c1-26-22(28-17-24(11-12-24)20-9-2-3-10-21(20)25)27-16-18-7-6-8-19(15-18)29-23(31)30-13-4-5-14-30;/h2-3,6-10,15H,4-5,11-14,16-17H2,1H3,(H,29,31)(H2,26,27,28);1H. The minimum absolute atomic E-state index is 0. The lowest BCUT2D eigenvalue weighted by Crippen LogP contribution is -2.41. The lowest BCUT2D eigenvalue weighted by Gasteiger charge is -2.20. The number of nitrogens with zero attached hydrogens (tertiary/aromatic N) is 2. The molecule has 32 heavy (non-hydrogen) atoms. The number of halogens is 2. The average Bonchev–Trinajstić information content (AvgIpc) is 3.35. The fourth-order valence-corrected chi connectivity index (χ4v) is 4.12. The lowest BCUT2D eigenvalue weighted by molar-refractivity contribution is 0.222. The smallest absolute Gasteiger partial charge is 0.321 e. The van der Waals surface area contributed by atoms with E-state index in [9.17, 15) is 9.18 Å². The molecular formula is C24H31FIN5O. The molecule has 2 amide bonds. The third-order valence-corrected chi connectivity index (χ3v) is 6.15. The molecule has 0 spiro atoms. The van der Waals surface area contributed by atoms with Gasteiger partial charge in [-0.1, -0.05) is 30.3 Å². The highest BCUT2D eigenvalue weighted by Crippen LogP contribution is 2.48. The highest BCUT2D eigenvalue weighted by Gasteiger charge is 2.45. The molecule has 2 aliphatic rings. The Balaban J connectivity index is 0.00000289. The molecule has 1 saturated heterocycles. The molecule has 2 aromatic rings. The number of hydrogen-bond acceptors (Lipinski definition) is 2. The van der Waals surface area contributed by atoms with Gasteiger partial charge in [0.25, 0.3) is 0 Å². The van der Waals surface area contributed by atoms with Gasteiger partial charge in [-0.2, -0.15) is 0 Å². The molecule has 0 radical (unpaired) electrons. The molecule has 2 aromatic carbocycles. The van der Waals surface area contributed by atoms with Crippen LogP contribution in [0.4, 0.5) is 14.9 Å². The molecule has 6 nitrogen and oxygen atoms in total. The molecule has 0 bridgehead atoms. The first kappa shape index (κ1) is 24.3. The molecule has 2 fully saturated rings. The zero-order valence-electron chi connectivity index (χ0n) is 18.4. The molecule has 1 aliphatic carbocycles. The fraction of sp³-hybridized carbons (Fsp3) is 0.417. The van der Waals surface area contributed by atoms with E-state index < -0.39 is 0 Å². The largest absolute Gasteiger partial charge is 0.356 e. The van der Waals surface area contributed by atoms with Gasteiger partial charge < -0.3 is 20.9 Å². The van der Waals surface area contributed by atoms with E-state index in [1.807, 2.05) is 41.3 Å². The summed E-state index contributed by atoms with van der Waals surface area (Å²) in [6, 6.07) is 14.8.